The van der Waals surface area contributed by atoms with Crippen molar-refractivity contribution in [2.24, 2.45) is 0 Å². The van der Waals surface area contributed by atoms with Gasteiger partial charge in [-0.05, 0) is 25.1 Å². The molecule has 162 valence electrons. The Morgan fingerprint density at radius 1 is 1.25 bits per heavy atom. The summed E-state index contributed by atoms with van der Waals surface area (Å²) in [6.07, 6.45) is 5.49. The van der Waals surface area contributed by atoms with E-state index < -0.39 is 15.6 Å². The van der Waals surface area contributed by atoms with E-state index in [-0.39, 0.29) is 26.9 Å². The highest BCUT2D eigenvalue weighted by Crippen LogP contribution is 2.27. The van der Waals surface area contributed by atoms with Crippen LogP contribution < -0.4 is 10.3 Å². The molecule has 3 heterocycles. The molecule has 0 radical (unpaired) electrons. The molecule has 4 aromatic rings. The Morgan fingerprint density at radius 3 is 2.59 bits per heavy atom. The molecule has 0 aliphatic carbocycles. The predicted molar refractivity (Wildman–Crippen MR) is 122 cm³/mol. The molecule has 0 fully saturated rings. The van der Waals surface area contributed by atoms with Gasteiger partial charge in [0.2, 0.25) is 6.19 Å². The van der Waals surface area contributed by atoms with Gasteiger partial charge in [0.25, 0.3) is 15.6 Å². The molecule has 0 amide bonds. The van der Waals surface area contributed by atoms with Crippen molar-refractivity contribution in [2.75, 3.05) is 4.72 Å². The summed E-state index contributed by atoms with van der Waals surface area (Å²) in [7, 11) is -4.00. The molecule has 4 rings (SSSR count). The summed E-state index contributed by atoms with van der Waals surface area (Å²) in [6, 6.07) is 4.79. The standard InChI is InChI=1S/C18H11Cl2N7O3S2/c1-10-23-24-17(31-10)15-16-22-7-11(8-26(16)27(9-21)18(15)28)25-32(29,30)6-5-12-13(19)3-2-4-14(12)20/h2-8,25H,1H3. The Hall–Kier alpha value is -3.24. The number of hydrogen-bond donors (Lipinski definition) is 1. The molecule has 10 nitrogen and oxygen atoms in total. The summed E-state index contributed by atoms with van der Waals surface area (Å²) in [5.41, 5.74) is -0.0554. The number of nitrogens with one attached hydrogen (secondary N) is 1. The number of nitriles is 1. The van der Waals surface area contributed by atoms with Crippen molar-refractivity contribution >= 4 is 62.0 Å². The summed E-state index contributed by atoms with van der Waals surface area (Å²) in [4.78, 5) is 16.9. The van der Waals surface area contributed by atoms with Crippen molar-refractivity contribution in [1.82, 2.24) is 24.4 Å². The van der Waals surface area contributed by atoms with E-state index in [9.17, 15) is 18.5 Å². The molecule has 0 atom stereocenters. The fourth-order valence-corrected chi connectivity index (χ4v) is 4.87. The normalized spacial score (nSPS) is 11.8. The van der Waals surface area contributed by atoms with E-state index >= 15 is 0 Å². The van der Waals surface area contributed by atoms with Gasteiger partial charge in [0.15, 0.2) is 10.7 Å². The lowest BCUT2D eigenvalue weighted by atomic mass is 10.2. The van der Waals surface area contributed by atoms with Crippen LogP contribution in [0.4, 0.5) is 5.69 Å². The third kappa shape index (κ3) is 4.11. The fourth-order valence-electron chi connectivity index (χ4n) is 2.80. The molecular weight excluding hydrogens is 497 g/mol. The zero-order valence-corrected chi connectivity index (χ0v) is 19.2. The average Bonchev–Trinajstić information content (AvgIpc) is 3.26. The first-order valence-electron chi connectivity index (χ1n) is 8.69. The fraction of sp³-hybridized carbons (Fsp3) is 0.0556. The van der Waals surface area contributed by atoms with Crippen molar-refractivity contribution in [1.29, 1.82) is 5.26 Å². The van der Waals surface area contributed by atoms with E-state index in [4.69, 9.17) is 23.2 Å². The van der Waals surface area contributed by atoms with E-state index in [1.807, 2.05) is 0 Å². The number of hydrogen-bond acceptors (Lipinski definition) is 8. The Morgan fingerprint density at radius 2 is 1.97 bits per heavy atom. The van der Waals surface area contributed by atoms with E-state index in [0.717, 1.165) is 14.6 Å². The second-order valence-corrected chi connectivity index (χ2v) is 9.88. The summed E-state index contributed by atoms with van der Waals surface area (Å²) in [6.45, 7) is 1.73. The third-order valence-electron chi connectivity index (χ3n) is 4.16. The minimum absolute atomic E-state index is 0.0198. The van der Waals surface area contributed by atoms with Gasteiger partial charge in [-0.15, -0.1) is 14.9 Å². The zero-order chi connectivity index (χ0) is 23.0. The lowest BCUT2D eigenvalue weighted by Crippen LogP contribution is -2.16. The molecule has 0 saturated carbocycles. The van der Waals surface area contributed by atoms with Crippen LogP contribution in [0.15, 0.2) is 40.8 Å². The Kier molecular flexibility index (Phi) is 5.74. The minimum Gasteiger partial charge on any atom is -0.277 e. The van der Waals surface area contributed by atoms with Crippen molar-refractivity contribution in [3.05, 3.63) is 67.0 Å². The first-order valence-corrected chi connectivity index (χ1v) is 11.8. The Labute approximate surface area is 195 Å². The number of rotatable bonds is 5. The molecule has 32 heavy (non-hydrogen) atoms. The van der Waals surface area contributed by atoms with E-state index in [0.29, 0.717) is 15.6 Å². The smallest absolute Gasteiger partial charge is 0.277 e. The van der Waals surface area contributed by atoms with Crippen LogP contribution in [-0.4, -0.2) is 32.8 Å². The second-order valence-electron chi connectivity index (χ2n) is 6.31. The maximum atomic E-state index is 12.7. The highest BCUT2D eigenvalue weighted by molar-refractivity contribution is 7.95. The van der Waals surface area contributed by atoms with Gasteiger partial charge in [-0.1, -0.05) is 40.6 Å². The van der Waals surface area contributed by atoms with Gasteiger partial charge in [-0.2, -0.15) is 5.26 Å². The van der Waals surface area contributed by atoms with Crippen LogP contribution in [0.2, 0.25) is 10.0 Å². The number of benzene rings is 1. The Balaban J connectivity index is 1.72. The number of sulfonamides is 1. The largest absolute Gasteiger partial charge is 0.293 e. The average molecular weight is 508 g/mol. The van der Waals surface area contributed by atoms with Crippen LogP contribution in [0.1, 0.15) is 10.6 Å². The first kappa shape index (κ1) is 22.0. The minimum atomic E-state index is -4.00. The summed E-state index contributed by atoms with van der Waals surface area (Å²) >= 11 is 13.3. The maximum absolute atomic E-state index is 12.7. The van der Waals surface area contributed by atoms with Gasteiger partial charge in [0.1, 0.15) is 10.6 Å². The number of anilines is 1. The molecule has 0 aliphatic heterocycles. The number of fused-ring (bicyclic) bond motifs is 1. The van der Waals surface area contributed by atoms with Gasteiger partial charge in [-0.25, -0.2) is 17.9 Å². The molecule has 1 N–H and O–H groups in total. The lowest BCUT2D eigenvalue weighted by molar-refractivity contribution is 0.609. The number of aromatic nitrogens is 5. The second kappa shape index (κ2) is 8.36. The monoisotopic (exact) mass is 507 g/mol. The van der Waals surface area contributed by atoms with Gasteiger partial charge >= 0.3 is 0 Å². The summed E-state index contributed by atoms with van der Waals surface area (Å²) in [5, 5.41) is 19.7. The molecule has 0 spiro atoms. The predicted octanol–water partition coefficient (Wildman–Crippen LogP) is 3.37. The molecule has 0 aliphatic rings. The number of aryl methyl sites for hydroxylation is 1. The van der Waals surface area contributed by atoms with Crippen LogP contribution in [0.25, 0.3) is 22.3 Å². The molecule has 14 heteroatoms. The Bertz CT molecular complexity index is 1580. The lowest BCUT2D eigenvalue weighted by Gasteiger charge is -2.06. The van der Waals surface area contributed by atoms with Gasteiger partial charge < -0.3 is 0 Å². The summed E-state index contributed by atoms with van der Waals surface area (Å²) in [5.74, 6) is 0. The number of nitrogens with zero attached hydrogens (tertiary/aromatic N) is 6. The molecule has 0 saturated heterocycles. The first-order chi connectivity index (χ1) is 15.2. The zero-order valence-electron chi connectivity index (χ0n) is 16.0. The van der Waals surface area contributed by atoms with Crippen LogP contribution in [0, 0.1) is 18.4 Å². The van der Waals surface area contributed by atoms with Crippen molar-refractivity contribution < 1.29 is 8.42 Å². The molecule has 3 aromatic heterocycles. The maximum Gasteiger partial charge on any atom is 0.293 e. The van der Waals surface area contributed by atoms with E-state index in [1.165, 1.54) is 29.8 Å². The van der Waals surface area contributed by atoms with Crippen molar-refractivity contribution in [3.8, 4) is 16.8 Å². The van der Waals surface area contributed by atoms with E-state index in [1.54, 1.807) is 31.3 Å². The van der Waals surface area contributed by atoms with Crippen LogP contribution in [0.3, 0.4) is 0 Å². The van der Waals surface area contributed by atoms with Crippen LogP contribution >= 0.6 is 34.5 Å². The van der Waals surface area contributed by atoms with Gasteiger partial charge in [0, 0.05) is 15.6 Å². The van der Waals surface area contributed by atoms with Crippen LogP contribution in [0.5, 0.6) is 0 Å². The van der Waals surface area contributed by atoms with Gasteiger partial charge in [0.05, 0.1) is 23.5 Å². The SMILES string of the molecule is Cc1nnc(-c2c(=O)n(C#N)n3cc(NS(=O)(=O)C=Cc4c(Cl)cccc4Cl)cnc23)s1. The van der Waals surface area contributed by atoms with Crippen LogP contribution in [-0.2, 0) is 10.0 Å². The third-order valence-corrected chi connectivity index (χ3v) is 6.69. The van der Waals surface area contributed by atoms with E-state index in [2.05, 4.69) is 19.9 Å². The highest BCUT2D eigenvalue weighted by atomic mass is 35.5. The molecule has 0 unspecified atom stereocenters. The molecular formula is C18H11Cl2N7O3S2. The van der Waals surface area contributed by atoms with Gasteiger partial charge in [-0.3, -0.25) is 9.52 Å². The molecule has 1 aromatic carbocycles. The summed E-state index contributed by atoms with van der Waals surface area (Å²) < 4.78 is 29.2. The highest BCUT2D eigenvalue weighted by Gasteiger charge is 2.21. The van der Waals surface area contributed by atoms with Crippen molar-refractivity contribution in [3.63, 3.8) is 0 Å². The topological polar surface area (TPSA) is 135 Å². The number of halogens is 2. The quantitative estimate of drug-likeness (QED) is 0.437. The van der Waals surface area contributed by atoms with Crippen molar-refractivity contribution in [2.45, 2.75) is 6.92 Å². The molecule has 0 bridgehead atoms.